The highest BCUT2D eigenvalue weighted by Gasteiger charge is 2.64. The lowest BCUT2D eigenvalue weighted by atomic mass is 9.69. The molecular weight excluding hydrogens is 447 g/mol. The van der Waals surface area contributed by atoms with Gasteiger partial charge in [0.1, 0.15) is 12.6 Å². The molecule has 1 aromatic carbocycles. The summed E-state index contributed by atoms with van der Waals surface area (Å²) in [6.45, 7) is 2.85. The van der Waals surface area contributed by atoms with Gasteiger partial charge in [0.15, 0.2) is 0 Å². The number of carboxylic acid groups (broad SMARTS) is 1. The van der Waals surface area contributed by atoms with Crippen molar-refractivity contribution in [2.75, 3.05) is 11.4 Å². The summed E-state index contributed by atoms with van der Waals surface area (Å²) >= 11 is 0. The monoisotopic (exact) mass is 480 g/mol. The number of benzene rings is 1. The van der Waals surface area contributed by atoms with E-state index in [9.17, 15) is 33.8 Å². The first-order valence-electron chi connectivity index (χ1n) is 11.5. The Kier molecular flexibility index (Phi) is 7.36. The number of fused-ring (bicyclic) bond motifs is 1. The van der Waals surface area contributed by atoms with Gasteiger partial charge in [-0.2, -0.15) is 0 Å². The fraction of sp³-hybridized carbons (Fsp3) is 0.609. The second-order valence-electron chi connectivity index (χ2n) is 9.08. The number of carbonyl (C=O) groups is 3. The van der Waals surface area contributed by atoms with Crippen molar-refractivity contribution in [3.05, 3.63) is 29.8 Å². The molecule has 1 heterocycles. The third-order valence-corrected chi connectivity index (χ3v) is 9.83. The fourth-order valence-corrected chi connectivity index (χ4v) is 7.65. The molecule has 2 aliphatic rings. The van der Waals surface area contributed by atoms with E-state index < -0.39 is 48.5 Å². The van der Waals surface area contributed by atoms with Crippen LogP contribution in [0.1, 0.15) is 64.4 Å². The Bertz CT molecular complexity index is 963. The Hall–Kier alpha value is -2.22. The van der Waals surface area contributed by atoms with Crippen molar-refractivity contribution in [3.63, 3.8) is 0 Å². The normalized spacial score (nSPS) is 20.8. The van der Waals surface area contributed by atoms with Crippen LogP contribution >= 0.6 is 7.60 Å². The number of hydrogen-bond acceptors (Lipinski definition) is 4. The molecule has 1 fully saturated rings. The summed E-state index contributed by atoms with van der Waals surface area (Å²) in [6.07, 6.45) is 3.02. The predicted molar refractivity (Wildman–Crippen MR) is 123 cm³/mol. The van der Waals surface area contributed by atoms with E-state index in [1.165, 1.54) is 4.90 Å². The lowest BCUT2D eigenvalue weighted by Crippen LogP contribution is -2.59. The summed E-state index contributed by atoms with van der Waals surface area (Å²) < 4.78 is 12.7. The van der Waals surface area contributed by atoms with Gasteiger partial charge in [0, 0.05) is 5.69 Å². The number of hydrogen-bond donors (Lipinski definition) is 4. The van der Waals surface area contributed by atoms with E-state index in [0.29, 0.717) is 37.8 Å². The van der Waals surface area contributed by atoms with Crippen LogP contribution in [0.5, 0.6) is 0 Å². The van der Waals surface area contributed by atoms with Crippen LogP contribution in [0.2, 0.25) is 0 Å². The molecule has 1 aromatic rings. The minimum atomic E-state index is -4.67. The van der Waals surface area contributed by atoms with Crippen LogP contribution in [0.4, 0.5) is 5.69 Å². The largest absolute Gasteiger partial charge is 0.480 e. The molecule has 0 unspecified atom stereocenters. The second kappa shape index (κ2) is 9.57. The highest BCUT2D eigenvalue weighted by atomic mass is 31.2. The molecule has 0 aromatic heterocycles. The molecule has 1 aliphatic heterocycles. The summed E-state index contributed by atoms with van der Waals surface area (Å²) in [5.74, 6) is -2.22. The van der Waals surface area contributed by atoms with Gasteiger partial charge in [-0.1, -0.05) is 44.9 Å². The third-order valence-electron chi connectivity index (χ3n) is 7.66. The van der Waals surface area contributed by atoms with E-state index in [2.05, 4.69) is 5.32 Å². The number of amides is 2. The van der Waals surface area contributed by atoms with Gasteiger partial charge in [-0.25, -0.2) is 0 Å². The molecular formula is C23H33N2O7P. The number of nitrogens with one attached hydrogen (secondary N) is 1. The molecule has 1 aliphatic carbocycles. The SMILES string of the molecule is CCC(CC)(C1(C(=O)N[C@H]2CCc3ccccc3N(CC(=O)O)C2=O)CCCC1)P(=O)(O)O. The number of para-hydroxylation sites is 1. The van der Waals surface area contributed by atoms with Crippen molar-refractivity contribution in [1.82, 2.24) is 5.32 Å². The first kappa shape index (κ1) is 25.4. The van der Waals surface area contributed by atoms with Gasteiger partial charge in [-0.15, -0.1) is 0 Å². The molecule has 1 atom stereocenters. The standard InChI is InChI=1S/C23H33N2O7P/c1-3-23(4-2,33(30,31)32)22(13-7-8-14-22)21(29)24-17-12-11-16-9-5-6-10-18(16)25(20(17)28)15-19(26)27/h5-6,9-10,17H,3-4,7-8,11-15H2,1-2H3,(H,24,29)(H,26,27)(H2,30,31,32)/t17-/m0/s1. The van der Waals surface area contributed by atoms with Crippen LogP contribution in [0.25, 0.3) is 0 Å². The van der Waals surface area contributed by atoms with Crippen molar-refractivity contribution < 1.29 is 33.8 Å². The average Bonchev–Trinajstić information content (AvgIpc) is 3.22. The zero-order valence-corrected chi connectivity index (χ0v) is 20.0. The van der Waals surface area contributed by atoms with Gasteiger partial charge >= 0.3 is 13.6 Å². The summed E-state index contributed by atoms with van der Waals surface area (Å²) in [4.78, 5) is 60.5. The Morgan fingerprint density at radius 3 is 2.33 bits per heavy atom. The molecule has 0 spiro atoms. The van der Waals surface area contributed by atoms with Gasteiger partial charge in [-0.3, -0.25) is 23.8 Å². The number of carboxylic acids is 1. The first-order chi connectivity index (χ1) is 15.5. The summed E-state index contributed by atoms with van der Waals surface area (Å²) in [5, 5.41) is 10.7. The summed E-state index contributed by atoms with van der Waals surface area (Å²) in [7, 11) is -4.67. The molecule has 2 amide bonds. The molecule has 3 rings (SSSR count). The molecule has 10 heteroatoms. The molecule has 4 N–H and O–H groups in total. The van der Waals surface area contributed by atoms with E-state index in [-0.39, 0.29) is 19.3 Å². The van der Waals surface area contributed by atoms with Crippen molar-refractivity contribution in [2.45, 2.75) is 76.4 Å². The van der Waals surface area contributed by atoms with Gasteiger partial charge in [-0.05, 0) is 50.2 Å². The molecule has 9 nitrogen and oxygen atoms in total. The van der Waals surface area contributed by atoms with Crippen LogP contribution in [-0.2, 0) is 25.4 Å². The van der Waals surface area contributed by atoms with Crippen LogP contribution in [0.15, 0.2) is 24.3 Å². The maximum absolute atomic E-state index is 13.8. The van der Waals surface area contributed by atoms with Crippen molar-refractivity contribution in [1.29, 1.82) is 0 Å². The van der Waals surface area contributed by atoms with Gasteiger partial charge in [0.2, 0.25) is 11.8 Å². The molecule has 33 heavy (non-hydrogen) atoms. The maximum atomic E-state index is 13.8. The van der Waals surface area contributed by atoms with Crippen LogP contribution < -0.4 is 10.2 Å². The quantitative estimate of drug-likeness (QED) is 0.419. The van der Waals surface area contributed by atoms with Gasteiger partial charge in [0.25, 0.3) is 0 Å². The van der Waals surface area contributed by atoms with Crippen molar-refractivity contribution in [2.24, 2.45) is 5.41 Å². The highest BCUT2D eigenvalue weighted by molar-refractivity contribution is 7.53. The minimum absolute atomic E-state index is 0.135. The van der Waals surface area contributed by atoms with Gasteiger partial charge in [0.05, 0.1) is 10.6 Å². The molecule has 1 saturated carbocycles. The maximum Gasteiger partial charge on any atom is 0.332 e. The van der Waals surface area contributed by atoms with Gasteiger partial charge < -0.3 is 20.2 Å². The zero-order chi connectivity index (χ0) is 24.4. The molecule has 0 saturated heterocycles. The van der Waals surface area contributed by atoms with Crippen LogP contribution in [-0.4, -0.2) is 50.4 Å². The number of nitrogens with zero attached hydrogens (tertiary/aromatic N) is 1. The Morgan fingerprint density at radius 1 is 1.18 bits per heavy atom. The Balaban J connectivity index is 1.97. The number of carbonyl (C=O) groups excluding carboxylic acids is 2. The number of rotatable bonds is 8. The van der Waals surface area contributed by atoms with Crippen LogP contribution in [0.3, 0.4) is 0 Å². The van der Waals surface area contributed by atoms with Crippen molar-refractivity contribution in [3.8, 4) is 0 Å². The Morgan fingerprint density at radius 2 is 1.79 bits per heavy atom. The number of aliphatic carboxylic acids is 1. The molecule has 182 valence electrons. The first-order valence-corrected chi connectivity index (χ1v) is 13.1. The minimum Gasteiger partial charge on any atom is -0.480 e. The number of anilines is 1. The van der Waals surface area contributed by atoms with E-state index in [1.54, 1.807) is 26.0 Å². The molecule has 0 bridgehead atoms. The fourth-order valence-electron chi connectivity index (χ4n) is 5.94. The van der Waals surface area contributed by atoms with E-state index in [4.69, 9.17) is 0 Å². The lowest BCUT2D eigenvalue weighted by molar-refractivity contribution is -0.138. The predicted octanol–water partition coefficient (Wildman–Crippen LogP) is 2.83. The van der Waals surface area contributed by atoms with E-state index in [0.717, 1.165) is 5.56 Å². The van der Waals surface area contributed by atoms with Crippen molar-refractivity contribution >= 4 is 31.1 Å². The van der Waals surface area contributed by atoms with E-state index in [1.807, 2.05) is 12.1 Å². The third kappa shape index (κ3) is 4.34. The molecule has 0 radical (unpaired) electrons. The topological polar surface area (TPSA) is 144 Å². The Labute approximate surface area is 193 Å². The highest BCUT2D eigenvalue weighted by Crippen LogP contribution is 2.67. The lowest BCUT2D eigenvalue weighted by Gasteiger charge is -2.47. The number of aryl methyl sites for hydroxylation is 1. The smallest absolute Gasteiger partial charge is 0.332 e. The van der Waals surface area contributed by atoms with E-state index >= 15 is 0 Å². The average molecular weight is 480 g/mol. The summed E-state index contributed by atoms with van der Waals surface area (Å²) in [5.41, 5.74) is 0.0297. The summed E-state index contributed by atoms with van der Waals surface area (Å²) in [6, 6.07) is 6.07. The second-order valence-corrected chi connectivity index (χ2v) is 11.0. The zero-order valence-electron chi connectivity index (χ0n) is 19.1. The van der Waals surface area contributed by atoms with Crippen LogP contribution in [0, 0.1) is 5.41 Å².